The molecule has 2 aromatic rings. The van der Waals surface area contributed by atoms with Crippen molar-refractivity contribution in [2.75, 3.05) is 13.6 Å². The van der Waals surface area contributed by atoms with Gasteiger partial charge in [-0.3, -0.25) is 4.79 Å². The van der Waals surface area contributed by atoms with Gasteiger partial charge in [0.15, 0.2) is 0 Å². The van der Waals surface area contributed by atoms with Crippen LogP contribution < -0.4 is 0 Å². The molecule has 0 atom stereocenters. The van der Waals surface area contributed by atoms with Gasteiger partial charge in [0.25, 0.3) is 0 Å². The van der Waals surface area contributed by atoms with Crippen molar-refractivity contribution in [2.24, 2.45) is 0 Å². The minimum absolute atomic E-state index is 0.208. The van der Waals surface area contributed by atoms with Crippen LogP contribution in [0.2, 0.25) is 0 Å². The lowest BCUT2D eigenvalue weighted by atomic mass is 10.2. The minimum Gasteiger partial charge on any atom is -0.346 e. The summed E-state index contributed by atoms with van der Waals surface area (Å²) in [5.41, 5.74) is 2.13. The number of unbranched alkanes of at least 4 members (excludes halogenated alkanes) is 1. The SMILES string of the molecule is CCCCN(C)C(=O)CCc1nc(-c2ccccc2)cs1. The van der Waals surface area contributed by atoms with E-state index in [0.717, 1.165) is 42.1 Å². The van der Waals surface area contributed by atoms with Crippen LogP contribution in [0.1, 0.15) is 31.2 Å². The topological polar surface area (TPSA) is 33.2 Å². The fraction of sp³-hybridized carbons (Fsp3) is 0.412. The number of carbonyl (C=O) groups excluding carboxylic acids is 1. The maximum absolute atomic E-state index is 12.0. The van der Waals surface area contributed by atoms with E-state index >= 15 is 0 Å². The van der Waals surface area contributed by atoms with Crippen LogP contribution in [0.4, 0.5) is 0 Å². The molecule has 0 N–H and O–H groups in total. The molecular weight excluding hydrogens is 280 g/mol. The molecule has 112 valence electrons. The largest absolute Gasteiger partial charge is 0.346 e. The molecule has 1 aromatic heterocycles. The first-order valence-electron chi connectivity index (χ1n) is 7.44. The Bertz CT molecular complexity index is 565. The highest BCUT2D eigenvalue weighted by Crippen LogP contribution is 2.22. The van der Waals surface area contributed by atoms with Gasteiger partial charge in [0.1, 0.15) is 0 Å². The number of hydrogen-bond acceptors (Lipinski definition) is 3. The van der Waals surface area contributed by atoms with Crippen LogP contribution in [-0.4, -0.2) is 29.4 Å². The number of hydrogen-bond donors (Lipinski definition) is 0. The Morgan fingerprint density at radius 2 is 2.05 bits per heavy atom. The normalized spacial score (nSPS) is 10.6. The van der Waals surface area contributed by atoms with Gasteiger partial charge in [-0.25, -0.2) is 4.98 Å². The first kappa shape index (κ1) is 15.7. The minimum atomic E-state index is 0.208. The van der Waals surface area contributed by atoms with Crippen molar-refractivity contribution in [2.45, 2.75) is 32.6 Å². The second-order valence-electron chi connectivity index (χ2n) is 5.16. The molecule has 3 nitrogen and oxygen atoms in total. The van der Waals surface area contributed by atoms with Gasteiger partial charge in [-0.15, -0.1) is 11.3 Å². The van der Waals surface area contributed by atoms with Gasteiger partial charge < -0.3 is 4.90 Å². The molecule has 0 radical (unpaired) electrons. The summed E-state index contributed by atoms with van der Waals surface area (Å²) in [5.74, 6) is 0.208. The molecule has 0 unspecified atom stereocenters. The summed E-state index contributed by atoms with van der Waals surface area (Å²) in [6.07, 6.45) is 3.46. The number of amides is 1. The van der Waals surface area contributed by atoms with Crippen LogP contribution in [0, 0.1) is 0 Å². The second kappa shape index (κ2) is 7.93. The summed E-state index contributed by atoms with van der Waals surface area (Å²) in [6.45, 7) is 2.99. The van der Waals surface area contributed by atoms with E-state index in [1.165, 1.54) is 0 Å². The smallest absolute Gasteiger partial charge is 0.222 e. The van der Waals surface area contributed by atoms with Crippen molar-refractivity contribution in [1.82, 2.24) is 9.88 Å². The monoisotopic (exact) mass is 302 g/mol. The number of aromatic nitrogens is 1. The first-order chi connectivity index (χ1) is 10.2. The van der Waals surface area contributed by atoms with Crippen LogP contribution >= 0.6 is 11.3 Å². The van der Waals surface area contributed by atoms with Crippen molar-refractivity contribution in [1.29, 1.82) is 0 Å². The standard InChI is InChI=1S/C17H22N2OS/c1-3-4-12-19(2)17(20)11-10-16-18-15(13-21-16)14-8-6-5-7-9-14/h5-9,13H,3-4,10-12H2,1-2H3. The van der Waals surface area contributed by atoms with E-state index in [9.17, 15) is 4.79 Å². The summed E-state index contributed by atoms with van der Waals surface area (Å²) in [6, 6.07) is 10.1. The zero-order chi connectivity index (χ0) is 15.1. The summed E-state index contributed by atoms with van der Waals surface area (Å²) < 4.78 is 0. The van der Waals surface area contributed by atoms with E-state index < -0.39 is 0 Å². The molecular formula is C17H22N2OS. The van der Waals surface area contributed by atoms with E-state index in [2.05, 4.69) is 29.4 Å². The van der Waals surface area contributed by atoms with Crippen LogP contribution in [0.25, 0.3) is 11.3 Å². The number of rotatable bonds is 7. The highest BCUT2D eigenvalue weighted by molar-refractivity contribution is 7.09. The van der Waals surface area contributed by atoms with Gasteiger partial charge in [0, 0.05) is 37.4 Å². The number of aryl methyl sites for hydroxylation is 1. The van der Waals surface area contributed by atoms with Gasteiger partial charge in [-0.2, -0.15) is 0 Å². The van der Waals surface area contributed by atoms with Crippen molar-refractivity contribution >= 4 is 17.2 Å². The van der Waals surface area contributed by atoms with Crippen LogP contribution in [0.15, 0.2) is 35.7 Å². The molecule has 1 heterocycles. The van der Waals surface area contributed by atoms with E-state index in [-0.39, 0.29) is 5.91 Å². The van der Waals surface area contributed by atoms with Gasteiger partial charge in [0.05, 0.1) is 10.7 Å². The Morgan fingerprint density at radius 3 is 2.76 bits per heavy atom. The van der Waals surface area contributed by atoms with Crippen LogP contribution in [-0.2, 0) is 11.2 Å². The predicted molar refractivity (Wildman–Crippen MR) is 88.4 cm³/mol. The highest BCUT2D eigenvalue weighted by atomic mass is 32.1. The predicted octanol–water partition coefficient (Wildman–Crippen LogP) is 4.00. The van der Waals surface area contributed by atoms with E-state index in [1.807, 2.05) is 30.1 Å². The fourth-order valence-electron chi connectivity index (χ4n) is 2.09. The van der Waals surface area contributed by atoms with E-state index in [4.69, 9.17) is 0 Å². The lowest BCUT2D eigenvalue weighted by Gasteiger charge is -2.16. The molecule has 4 heteroatoms. The average Bonchev–Trinajstić information content (AvgIpc) is 3.00. The van der Waals surface area contributed by atoms with Gasteiger partial charge >= 0.3 is 0 Å². The zero-order valence-corrected chi connectivity index (χ0v) is 13.5. The molecule has 1 amide bonds. The molecule has 2 rings (SSSR count). The van der Waals surface area contributed by atoms with Gasteiger partial charge in [-0.05, 0) is 6.42 Å². The van der Waals surface area contributed by atoms with Gasteiger partial charge in [-0.1, -0.05) is 43.7 Å². The van der Waals surface area contributed by atoms with Crippen molar-refractivity contribution in [3.8, 4) is 11.3 Å². The zero-order valence-electron chi connectivity index (χ0n) is 12.7. The Kier molecular flexibility index (Phi) is 5.93. The van der Waals surface area contributed by atoms with Crippen LogP contribution in [0.5, 0.6) is 0 Å². The lowest BCUT2D eigenvalue weighted by Crippen LogP contribution is -2.27. The number of thiazole rings is 1. The van der Waals surface area contributed by atoms with Crippen molar-refractivity contribution < 1.29 is 4.79 Å². The number of carbonyl (C=O) groups is 1. The van der Waals surface area contributed by atoms with Crippen molar-refractivity contribution in [3.05, 3.63) is 40.7 Å². The second-order valence-corrected chi connectivity index (χ2v) is 6.10. The maximum atomic E-state index is 12.0. The summed E-state index contributed by atoms with van der Waals surface area (Å²) in [4.78, 5) is 18.5. The third-order valence-electron chi connectivity index (χ3n) is 3.45. The van der Waals surface area contributed by atoms with Gasteiger partial charge in [0.2, 0.25) is 5.91 Å². The molecule has 0 aliphatic carbocycles. The van der Waals surface area contributed by atoms with Crippen molar-refractivity contribution in [3.63, 3.8) is 0 Å². The average molecular weight is 302 g/mol. The molecule has 21 heavy (non-hydrogen) atoms. The molecule has 0 fully saturated rings. The quantitative estimate of drug-likeness (QED) is 0.774. The lowest BCUT2D eigenvalue weighted by molar-refractivity contribution is -0.129. The van der Waals surface area contributed by atoms with E-state index in [1.54, 1.807) is 11.3 Å². The Balaban J connectivity index is 1.87. The van der Waals surface area contributed by atoms with Crippen LogP contribution in [0.3, 0.4) is 0 Å². The summed E-state index contributed by atoms with van der Waals surface area (Å²) >= 11 is 1.63. The molecule has 0 aliphatic rings. The third kappa shape index (κ3) is 4.67. The Hall–Kier alpha value is -1.68. The number of benzene rings is 1. The first-order valence-corrected chi connectivity index (χ1v) is 8.32. The molecule has 0 aliphatic heterocycles. The molecule has 0 saturated carbocycles. The molecule has 1 aromatic carbocycles. The number of nitrogens with zero attached hydrogens (tertiary/aromatic N) is 2. The molecule has 0 bridgehead atoms. The maximum Gasteiger partial charge on any atom is 0.222 e. The highest BCUT2D eigenvalue weighted by Gasteiger charge is 2.10. The summed E-state index contributed by atoms with van der Waals surface area (Å²) in [7, 11) is 1.88. The Labute approximate surface area is 130 Å². The summed E-state index contributed by atoms with van der Waals surface area (Å²) in [5, 5.41) is 3.10. The molecule has 0 saturated heterocycles. The van der Waals surface area contributed by atoms with E-state index in [0.29, 0.717) is 6.42 Å². The fourth-order valence-corrected chi connectivity index (χ4v) is 2.90. The molecule has 0 spiro atoms. The Morgan fingerprint density at radius 1 is 1.29 bits per heavy atom. The third-order valence-corrected chi connectivity index (χ3v) is 4.36.